The molecule has 0 aromatic rings. The standard InChI is InChI=1S/C5H9F3N4O2/c6-5(7,8)2(12-4(10)11)1(9)3(13)14/h1-2H,9H2,(H,13,14)(H4,10,11,12)/t1-,2-/m0/s1. The average Bonchev–Trinajstić information content (AvgIpc) is 1.96. The lowest BCUT2D eigenvalue weighted by Crippen LogP contribution is -2.50. The molecule has 0 aromatic carbocycles. The Morgan fingerprint density at radius 3 is 2.00 bits per heavy atom. The molecule has 0 amide bonds. The lowest BCUT2D eigenvalue weighted by molar-refractivity contribution is -0.164. The number of halogens is 3. The van der Waals surface area contributed by atoms with E-state index in [1.807, 2.05) is 0 Å². The molecule has 7 N–H and O–H groups in total. The van der Waals surface area contributed by atoms with Crippen molar-refractivity contribution in [3.8, 4) is 0 Å². The SMILES string of the molecule is NC(N)=N[C@@H]([C@H](N)C(=O)O)C(F)(F)F. The molecule has 0 rings (SSSR count). The average molecular weight is 214 g/mol. The highest BCUT2D eigenvalue weighted by Gasteiger charge is 2.46. The van der Waals surface area contributed by atoms with Gasteiger partial charge in [0.2, 0.25) is 0 Å². The number of nitrogens with two attached hydrogens (primary N) is 3. The van der Waals surface area contributed by atoms with Gasteiger partial charge >= 0.3 is 12.1 Å². The van der Waals surface area contributed by atoms with Crippen LogP contribution in [0.4, 0.5) is 13.2 Å². The third-order valence-electron chi connectivity index (χ3n) is 1.25. The minimum Gasteiger partial charge on any atom is -0.480 e. The highest BCUT2D eigenvalue weighted by Crippen LogP contribution is 2.24. The zero-order valence-corrected chi connectivity index (χ0v) is 6.82. The van der Waals surface area contributed by atoms with Crippen LogP contribution in [0.25, 0.3) is 0 Å². The van der Waals surface area contributed by atoms with Gasteiger partial charge in [-0.2, -0.15) is 13.2 Å². The second kappa shape index (κ2) is 4.13. The fourth-order valence-corrected chi connectivity index (χ4v) is 0.653. The predicted octanol–water partition coefficient (Wildman–Crippen LogP) is -1.40. The molecule has 14 heavy (non-hydrogen) atoms. The molecule has 9 heteroatoms. The number of carboxylic acid groups (broad SMARTS) is 1. The Morgan fingerprint density at radius 2 is 1.79 bits per heavy atom. The maximum Gasteiger partial charge on any atom is 0.413 e. The smallest absolute Gasteiger partial charge is 0.413 e. The van der Waals surface area contributed by atoms with Crippen LogP contribution in [0.5, 0.6) is 0 Å². The molecule has 0 radical (unpaired) electrons. The molecule has 0 unspecified atom stereocenters. The van der Waals surface area contributed by atoms with Gasteiger partial charge in [0.15, 0.2) is 12.0 Å². The van der Waals surface area contributed by atoms with Crippen LogP contribution in [-0.2, 0) is 4.79 Å². The van der Waals surface area contributed by atoms with Crippen LogP contribution in [0, 0.1) is 0 Å². The number of nitrogens with zero attached hydrogens (tertiary/aromatic N) is 1. The highest BCUT2D eigenvalue weighted by molar-refractivity contribution is 5.78. The van der Waals surface area contributed by atoms with Crippen LogP contribution >= 0.6 is 0 Å². The monoisotopic (exact) mass is 214 g/mol. The van der Waals surface area contributed by atoms with Crippen molar-refractivity contribution in [3.63, 3.8) is 0 Å². The largest absolute Gasteiger partial charge is 0.480 e. The first kappa shape index (κ1) is 12.5. The van der Waals surface area contributed by atoms with E-state index < -0.39 is 30.2 Å². The van der Waals surface area contributed by atoms with E-state index in [2.05, 4.69) is 4.99 Å². The zero-order valence-electron chi connectivity index (χ0n) is 6.82. The molecule has 0 spiro atoms. The molecule has 6 nitrogen and oxygen atoms in total. The third-order valence-corrected chi connectivity index (χ3v) is 1.25. The van der Waals surface area contributed by atoms with Crippen molar-refractivity contribution < 1.29 is 23.1 Å². The van der Waals surface area contributed by atoms with Crippen LogP contribution in [0.2, 0.25) is 0 Å². The molecular formula is C5H9F3N4O2. The van der Waals surface area contributed by atoms with E-state index in [4.69, 9.17) is 22.3 Å². The van der Waals surface area contributed by atoms with Gasteiger partial charge in [0.05, 0.1) is 0 Å². The van der Waals surface area contributed by atoms with Gasteiger partial charge in [-0.25, -0.2) is 4.99 Å². The molecule has 0 heterocycles. The van der Waals surface area contributed by atoms with Crippen LogP contribution in [0.3, 0.4) is 0 Å². The minimum atomic E-state index is -4.90. The minimum absolute atomic E-state index is 0.871. The van der Waals surface area contributed by atoms with Crippen LogP contribution in [-0.4, -0.2) is 35.3 Å². The molecule has 0 saturated carbocycles. The molecule has 82 valence electrons. The summed E-state index contributed by atoms with van der Waals surface area (Å²) in [5, 5.41) is 8.25. The van der Waals surface area contributed by atoms with E-state index in [-0.39, 0.29) is 0 Å². The Hall–Kier alpha value is -1.51. The Bertz CT molecular complexity index is 248. The summed E-state index contributed by atoms with van der Waals surface area (Å²) in [6.45, 7) is 0. The Morgan fingerprint density at radius 1 is 1.36 bits per heavy atom. The summed E-state index contributed by atoms with van der Waals surface area (Å²) in [5.41, 5.74) is 14.2. The number of hydrogen-bond acceptors (Lipinski definition) is 3. The van der Waals surface area contributed by atoms with Crippen molar-refractivity contribution in [1.29, 1.82) is 0 Å². The zero-order chi connectivity index (χ0) is 11.5. The lowest BCUT2D eigenvalue weighted by atomic mass is 10.1. The number of alkyl halides is 3. The Balaban J connectivity index is 4.93. The normalized spacial score (nSPS) is 15.7. The summed E-state index contributed by atoms with van der Waals surface area (Å²) in [6.07, 6.45) is -4.90. The Kier molecular flexibility index (Phi) is 3.69. The van der Waals surface area contributed by atoms with E-state index >= 15 is 0 Å². The maximum absolute atomic E-state index is 12.1. The third kappa shape index (κ3) is 3.47. The number of aliphatic carboxylic acids is 1. The summed E-state index contributed by atoms with van der Waals surface area (Å²) in [5.74, 6) is -2.71. The number of hydrogen-bond donors (Lipinski definition) is 4. The maximum atomic E-state index is 12.1. The summed E-state index contributed by atoms with van der Waals surface area (Å²) in [6, 6.07) is -4.86. The van der Waals surface area contributed by atoms with Gasteiger partial charge in [-0.15, -0.1) is 0 Å². The first-order valence-electron chi connectivity index (χ1n) is 3.30. The Labute approximate surface area is 76.6 Å². The highest BCUT2D eigenvalue weighted by atomic mass is 19.4. The van der Waals surface area contributed by atoms with Gasteiger partial charge in [0.1, 0.15) is 6.04 Å². The molecule has 0 aliphatic carbocycles. The quantitative estimate of drug-likeness (QED) is 0.339. The van der Waals surface area contributed by atoms with E-state index in [9.17, 15) is 18.0 Å². The molecule has 0 bridgehead atoms. The number of aliphatic imine (C=N–C) groups is 1. The number of carboxylic acids is 1. The van der Waals surface area contributed by atoms with E-state index in [1.54, 1.807) is 0 Å². The van der Waals surface area contributed by atoms with Crippen molar-refractivity contribution in [3.05, 3.63) is 0 Å². The molecule has 0 aromatic heterocycles. The molecule has 0 saturated heterocycles. The number of carbonyl (C=O) groups is 1. The second-order valence-electron chi connectivity index (χ2n) is 2.40. The summed E-state index contributed by atoms with van der Waals surface area (Å²) < 4.78 is 36.4. The summed E-state index contributed by atoms with van der Waals surface area (Å²) in [7, 11) is 0. The van der Waals surface area contributed by atoms with Crippen LogP contribution in [0.15, 0.2) is 4.99 Å². The molecular weight excluding hydrogens is 205 g/mol. The fourth-order valence-electron chi connectivity index (χ4n) is 0.653. The van der Waals surface area contributed by atoms with Crippen molar-refractivity contribution >= 4 is 11.9 Å². The van der Waals surface area contributed by atoms with E-state index in [0.717, 1.165) is 0 Å². The fraction of sp³-hybridized carbons (Fsp3) is 0.600. The van der Waals surface area contributed by atoms with Gasteiger partial charge < -0.3 is 22.3 Å². The topological polar surface area (TPSA) is 128 Å². The van der Waals surface area contributed by atoms with Gasteiger partial charge in [-0.1, -0.05) is 0 Å². The van der Waals surface area contributed by atoms with Gasteiger partial charge in [-0.3, -0.25) is 4.79 Å². The van der Waals surface area contributed by atoms with Crippen molar-refractivity contribution in [2.45, 2.75) is 18.3 Å². The van der Waals surface area contributed by atoms with Crippen molar-refractivity contribution in [2.24, 2.45) is 22.2 Å². The first-order chi connectivity index (χ1) is 6.16. The lowest BCUT2D eigenvalue weighted by Gasteiger charge is -2.19. The number of rotatable bonds is 3. The van der Waals surface area contributed by atoms with Gasteiger partial charge in [-0.05, 0) is 0 Å². The second-order valence-corrected chi connectivity index (χ2v) is 2.40. The van der Waals surface area contributed by atoms with Gasteiger partial charge in [0, 0.05) is 0 Å². The summed E-state index contributed by atoms with van der Waals surface area (Å²) in [4.78, 5) is 12.9. The number of guanidine groups is 1. The predicted molar refractivity (Wildman–Crippen MR) is 41.3 cm³/mol. The van der Waals surface area contributed by atoms with Crippen LogP contribution in [0.1, 0.15) is 0 Å². The van der Waals surface area contributed by atoms with Crippen molar-refractivity contribution in [1.82, 2.24) is 0 Å². The first-order valence-corrected chi connectivity index (χ1v) is 3.30. The van der Waals surface area contributed by atoms with Crippen molar-refractivity contribution in [2.75, 3.05) is 0 Å². The molecule has 0 aliphatic rings. The molecule has 0 fully saturated rings. The van der Waals surface area contributed by atoms with E-state index in [1.165, 1.54) is 0 Å². The summed E-state index contributed by atoms with van der Waals surface area (Å²) >= 11 is 0. The molecule has 0 aliphatic heterocycles. The van der Waals surface area contributed by atoms with Crippen LogP contribution < -0.4 is 17.2 Å². The molecule has 2 atom stereocenters. The van der Waals surface area contributed by atoms with E-state index in [0.29, 0.717) is 0 Å². The van der Waals surface area contributed by atoms with Gasteiger partial charge in [0.25, 0.3) is 0 Å².